The molecule has 1 unspecified atom stereocenters. The molecule has 2 rings (SSSR count). The van der Waals surface area contributed by atoms with Crippen LogP contribution in [0.4, 0.5) is 0 Å². The van der Waals surface area contributed by atoms with Gasteiger partial charge in [-0.15, -0.1) is 0 Å². The number of likely N-dealkylation sites (N-methyl/N-ethyl adjacent to an activating group) is 1. The van der Waals surface area contributed by atoms with E-state index in [0.717, 1.165) is 27.2 Å². The lowest BCUT2D eigenvalue weighted by Gasteiger charge is -2.18. The number of hydrogen-bond acceptors (Lipinski definition) is 2. The number of aromatic nitrogens is 2. The van der Waals surface area contributed by atoms with Crippen LogP contribution in [-0.2, 0) is 13.5 Å². The van der Waals surface area contributed by atoms with Crippen LogP contribution in [0.25, 0.3) is 0 Å². The van der Waals surface area contributed by atoms with E-state index < -0.39 is 0 Å². The molecule has 0 saturated heterocycles. The fourth-order valence-corrected chi connectivity index (χ4v) is 2.86. The third kappa shape index (κ3) is 3.19. The summed E-state index contributed by atoms with van der Waals surface area (Å²) in [7, 11) is 3.92. The van der Waals surface area contributed by atoms with E-state index in [1.165, 1.54) is 5.69 Å². The maximum absolute atomic E-state index is 6.37. The van der Waals surface area contributed by atoms with Crippen LogP contribution in [0.2, 0.25) is 5.02 Å². The second-order valence-electron chi connectivity index (χ2n) is 4.59. The van der Waals surface area contributed by atoms with Crippen molar-refractivity contribution in [2.45, 2.75) is 19.4 Å². The summed E-state index contributed by atoms with van der Waals surface area (Å²) in [6, 6.07) is 8.28. The molecule has 0 spiro atoms. The summed E-state index contributed by atoms with van der Waals surface area (Å²) >= 11 is 9.84. The molecule has 1 N–H and O–H groups in total. The average Bonchev–Trinajstić information content (AvgIpc) is 2.68. The molecular weight excluding hydrogens is 326 g/mol. The zero-order chi connectivity index (χ0) is 14.0. The maximum atomic E-state index is 6.37. The van der Waals surface area contributed by atoms with Crippen molar-refractivity contribution in [3.05, 3.63) is 50.7 Å². The minimum atomic E-state index is 0.166. The van der Waals surface area contributed by atoms with Crippen molar-refractivity contribution in [2.75, 3.05) is 7.05 Å². The third-order valence-corrected chi connectivity index (χ3v) is 4.53. The van der Waals surface area contributed by atoms with Crippen molar-refractivity contribution >= 4 is 27.5 Å². The lowest BCUT2D eigenvalue weighted by atomic mass is 10.0. The van der Waals surface area contributed by atoms with Gasteiger partial charge < -0.3 is 5.32 Å². The molecule has 1 aromatic carbocycles. The highest BCUT2D eigenvalue weighted by molar-refractivity contribution is 9.10. The molecule has 1 heterocycles. The number of benzene rings is 1. The molecule has 3 nitrogen and oxygen atoms in total. The van der Waals surface area contributed by atoms with Crippen molar-refractivity contribution in [2.24, 2.45) is 7.05 Å². The summed E-state index contributed by atoms with van der Waals surface area (Å²) in [4.78, 5) is 0. The van der Waals surface area contributed by atoms with E-state index in [0.29, 0.717) is 0 Å². The molecule has 0 radical (unpaired) electrons. The van der Waals surface area contributed by atoms with E-state index in [1.807, 2.05) is 37.8 Å². The van der Waals surface area contributed by atoms with E-state index in [4.69, 9.17) is 11.6 Å². The molecular formula is C14H17BrClN3. The first-order chi connectivity index (χ1) is 9.02. The number of nitrogens with zero attached hydrogens (tertiary/aromatic N) is 2. The summed E-state index contributed by atoms with van der Waals surface area (Å²) in [6.07, 6.45) is 0.851. The third-order valence-electron chi connectivity index (χ3n) is 3.22. The predicted molar refractivity (Wildman–Crippen MR) is 82.6 cm³/mol. The Morgan fingerprint density at radius 3 is 2.79 bits per heavy atom. The van der Waals surface area contributed by atoms with Crippen LogP contribution in [0.15, 0.2) is 28.7 Å². The van der Waals surface area contributed by atoms with Gasteiger partial charge in [-0.25, -0.2) is 0 Å². The van der Waals surface area contributed by atoms with Crippen molar-refractivity contribution in [3.63, 3.8) is 0 Å². The zero-order valence-corrected chi connectivity index (χ0v) is 13.6. The van der Waals surface area contributed by atoms with Gasteiger partial charge in [0.05, 0.1) is 10.7 Å². The van der Waals surface area contributed by atoms with Crippen molar-refractivity contribution in [1.29, 1.82) is 0 Å². The monoisotopic (exact) mass is 341 g/mol. The molecule has 1 atom stereocenters. The van der Waals surface area contributed by atoms with Crippen LogP contribution in [0.3, 0.4) is 0 Å². The molecule has 1 aromatic heterocycles. The molecule has 0 fully saturated rings. The van der Waals surface area contributed by atoms with Gasteiger partial charge in [-0.1, -0.05) is 23.7 Å². The first-order valence-corrected chi connectivity index (χ1v) is 7.30. The fourth-order valence-electron chi connectivity index (χ4n) is 2.22. The second kappa shape index (κ2) is 6.07. The highest BCUT2D eigenvalue weighted by Crippen LogP contribution is 2.31. The van der Waals surface area contributed by atoms with E-state index in [-0.39, 0.29) is 6.04 Å². The Morgan fingerprint density at radius 2 is 2.21 bits per heavy atom. The van der Waals surface area contributed by atoms with Crippen molar-refractivity contribution in [1.82, 2.24) is 15.1 Å². The first-order valence-electron chi connectivity index (χ1n) is 6.13. The molecule has 0 bridgehead atoms. The second-order valence-corrected chi connectivity index (χ2v) is 5.82. The van der Waals surface area contributed by atoms with Gasteiger partial charge in [-0.2, -0.15) is 5.10 Å². The lowest BCUT2D eigenvalue weighted by Crippen LogP contribution is -2.20. The highest BCUT2D eigenvalue weighted by atomic mass is 79.9. The quantitative estimate of drug-likeness (QED) is 0.919. The van der Waals surface area contributed by atoms with Gasteiger partial charge in [0.1, 0.15) is 0 Å². The number of aryl methyl sites for hydroxylation is 2. The molecule has 0 aliphatic heterocycles. The Labute approximate surface area is 127 Å². The topological polar surface area (TPSA) is 29.9 Å². The van der Waals surface area contributed by atoms with Crippen LogP contribution in [0.1, 0.15) is 23.0 Å². The molecule has 5 heteroatoms. The van der Waals surface area contributed by atoms with Crippen LogP contribution in [-0.4, -0.2) is 16.8 Å². The zero-order valence-electron chi connectivity index (χ0n) is 11.2. The predicted octanol–water partition coefficient (Wildman–Crippen LogP) is 3.65. The van der Waals surface area contributed by atoms with E-state index in [1.54, 1.807) is 0 Å². The molecule has 0 saturated carbocycles. The van der Waals surface area contributed by atoms with Crippen LogP contribution >= 0.6 is 27.5 Å². The highest BCUT2D eigenvalue weighted by Gasteiger charge is 2.17. The summed E-state index contributed by atoms with van der Waals surface area (Å²) in [5, 5.41) is 8.47. The minimum absolute atomic E-state index is 0.166. The van der Waals surface area contributed by atoms with Crippen molar-refractivity contribution < 1.29 is 0 Å². The number of hydrogen-bond donors (Lipinski definition) is 1. The molecule has 0 aliphatic rings. The molecule has 2 aromatic rings. The molecule has 0 aliphatic carbocycles. The Bertz CT molecular complexity index is 580. The minimum Gasteiger partial charge on any atom is -0.313 e. The smallest absolute Gasteiger partial charge is 0.0596 e. The molecule has 19 heavy (non-hydrogen) atoms. The summed E-state index contributed by atoms with van der Waals surface area (Å²) in [5.41, 5.74) is 3.32. The van der Waals surface area contributed by atoms with Crippen LogP contribution < -0.4 is 5.32 Å². The molecule has 102 valence electrons. The van der Waals surface area contributed by atoms with Crippen LogP contribution in [0, 0.1) is 6.92 Å². The number of nitrogens with one attached hydrogen (secondary N) is 1. The molecule has 0 amide bonds. The summed E-state index contributed by atoms with van der Waals surface area (Å²) < 4.78 is 2.85. The average molecular weight is 343 g/mol. The van der Waals surface area contributed by atoms with Crippen LogP contribution in [0.5, 0.6) is 0 Å². The standard InChI is InChI=1S/C14H17BrClN3/c1-9-7-10(19(3)18-9)8-13(17-2)11-5-4-6-12(15)14(11)16/h4-7,13,17H,8H2,1-3H3. The normalized spacial score (nSPS) is 12.7. The van der Waals surface area contributed by atoms with Gasteiger partial charge in [0.25, 0.3) is 0 Å². The Kier molecular flexibility index (Phi) is 4.66. The van der Waals surface area contributed by atoms with E-state index >= 15 is 0 Å². The van der Waals surface area contributed by atoms with Gasteiger partial charge in [-0.3, -0.25) is 4.68 Å². The van der Waals surface area contributed by atoms with Gasteiger partial charge >= 0.3 is 0 Å². The van der Waals surface area contributed by atoms with Gasteiger partial charge in [-0.05, 0) is 47.6 Å². The summed E-state index contributed by atoms with van der Waals surface area (Å²) in [6.45, 7) is 2.00. The van der Waals surface area contributed by atoms with Gasteiger partial charge in [0.15, 0.2) is 0 Å². The first kappa shape index (κ1) is 14.6. The summed E-state index contributed by atoms with van der Waals surface area (Å²) in [5.74, 6) is 0. The Hall–Kier alpha value is -0.840. The maximum Gasteiger partial charge on any atom is 0.0596 e. The fraction of sp³-hybridized carbons (Fsp3) is 0.357. The van der Waals surface area contributed by atoms with E-state index in [9.17, 15) is 0 Å². The van der Waals surface area contributed by atoms with Gasteiger partial charge in [0.2, 0.25) is 0 Å². The van der Waals surface area contributed by atoms with Gasteiger partial charge in [0, 0.05) is 29.7 Å². The largest absolute Gasteiger partial charge is 0.313 e. The lowest BCUT2D eigenvalue weighted by molar-refractivity contribution is 0.561. The SMILES string of the molecule is CNC(Cc1cc(C)nn1C)c1cccc(Br)c1Cl. The Morgan fingerprint density at radius 1 is 1.47 bits per heavy atom. The number of rotatable bonds is 4. The Balaban J connectivity index is 2.30. The van der Waals surface area contributed by atoms with E-state index in [2.05, 4.69) is 38.5 Å². The van der Waals surface area contributed by atoms with Crippen molar-refractivity contribution in [3.8, 4) is 0 Å². The number of halogens is 2.